The molecule has 0 spiro atoms. The Labute approximate surface area is 97.9 Å². The number of nitriles is 1. The van der Waals surface area contributed by atoms with Crippen LogP contribution in [0.4, 0.5) is 0 Å². The third-order valence-corrected chi connectivity index (χ3v) is 2.99. The van der Waals surface area contributed by atoms with E-state index >= 15 is 0 Å². The Hall–Kier alpha value is -1.80. The normalized spacial score (nSPS) is 10.1. The van der Waals surface area contributed by atoms with Crippen LogP contribution in [0.25, 0.3) is 11.4 Å². The first kappa shape index (κ1) is 10.7. The molecule has 5 heteroatoms. The van der Waals surface area contributed by atoms with E-state index in [1.165, 1.54) is 0 Å². The highest BCUT2D eigenvalue weighted by atomic mass is 32.2. The molecule has 0 amide bonds. The predicted molar refractivity (Wildman–Crippen MR) is 62.9 cm³/mol. The first-order valence-electron chi connectivity index (χ1n) is 4.70. The van der Waals surface area contributed by atoms with Gasteiger partial charge in [0, 0.05) is 12.6 Å². The van der Waals surface area contributed by atoms with Gasteiger partial charge in [0.05, 0.1) is 11.6 Å². The van der Waals surface area contributed by atoms with Gasteiger partial charge in [0.25, 0.3) is 0 Å². The summed E-state index contributed by atoms with van der Waals surface area (Å²) in [6, 6.07) is 9.48. The van der Waals surface area contributed by atoms with Gasteiger partial charge in [-0.05, 0) is 18.4 Å². The number of thioether (sulfide) groups is 1. The molecule has 0 radical (unpaired) electrons. The van der Waals surface area contributed by atoms with E-state index < -0.39 is 0 Å². The minimum absolute atomic E-state index is 0.631. The van der Waals surface area contributed by atoms with Crippen molar-refractivity contribution in [2.45, 2.75) is 5.16 Å². The molecule has 0 unspecified atom stereocenters. The molecule has 0 aliphatic rings. The third-order valence-electron chi connectivity index (χ3n) is 2.27. The quantitative estimate of drug-likeness (QED) is 0.741. The van der Waals surface area contributed by atoms with Crippen LogP contribution in [0.1, 0.15) is 5.56 Å². The molecule has 0 saturated carbocycles. The van der Waals surface area contributed by atoms with Crippen LogP contribution < -0.4 is 0 Å². The van der Waals surface area contributed by atoms with Crippen molar-refractivity contribution in [3.63, 3.8) is 0 Å². The summed E-state index contributed by atoms with van der Waals surface area (Å²) in [5.41, 5.74) is 1.54. The van der Waals surface area contributed by atoms with E-state index in [0.717, 1.165) is 16.5 Å². The van der Waals surface area contributed by atoms with E-state index in [1.54, 1.807) is 17.8 Å². The van der Waals surface area contributed by atoms with Gasteiger partial charge in [0.15, 0.2) is 11.0 Å². The molecule has 2 rings (SSSR count). The van der Waals surface area contributed by atoms with Gasteiger partial charge in [-0.15, -0.1) is 10.2 Å². The van der Waals surface area contributed by atoms with Crippen LogP contribution in [0.5, 0.6) is 0 Å². The lowest BCUT2D eigenvalue weighted by Crippen LogP contribution is -1.94. The Morgan fingerprint density at radius 2 is 2.19 bits per heavy atom. The van der Waals surface area contributed by atoms with Gasteiger partial charge in [-0.3, -0.25) is 0 Å². The standard InChI is InChI=1S/C11H10N4S/c1-15-10(13-14-11(15)16-2)9-5-3-4-8(6-9)7-12/h3-6H,1-2H3. The van der Waals surface area contributed by atoms with Gasteiger partial charge in [-0.25, -0.2) is 0 Å². The van der Waals surface area contributed by atoms with E-state index in [0.29, 0.717) is 5.56 Å². The summed E-state index contributed by atoms with van der Waals surface area (Å²) in [5, 5.41) is 17.9. The molecule has 80 valence electrons. The summed E-state index contributed by atoms with van der Waals surface area (Å²) >= 11 is 1.55. The van der Waals surface area contributed by atoms with Crippen molar-refractivity contribution in [1.29, 1.82) is 5.26 Å². The van der Waals surface area contributed by atoms with Crippen molar-refractivity contribution >= 4 is 11.8 Å². The Bertz CT molecular complexity index is 553. The minimum Gasteiger partial charge on any atom is -0.305 e. The van der Waals surface area contributed by atoms with Crippen molar-refractivity contribution in [2.75, 3.05) is 6.26 Å². The monoisotopic (exact) mass is 230 g/mol. The molecule has 1 aromatic carbocycles. The number of benzene rings is 1. The largest absolute Gasteiger partial charge is 0.305 e. The van der Waals surface area contributed by atoms with E-state index in [2.05, 4.69) is 16.3 Å². The fourth-order valence-corrected chi connectivity index (χ4v) is 1.95. The molecule has 0 fully saturated rings. The zero-order chi connectivity index (χ0) is 11.5. The first-order chi connectivity index (χ1) is 7.76. The highest BCUT2D eigenvalue weighted by Crippen LogP contribution is 2.21. The molecule has 0 saturated heterocycles. The van der Waals surface area contributed by atoms with Crippen LogP contribution in [-0.4, -0.2) is 21.0 Å². The molecule has 0 aliphatic carbocycles. The topological polar surface area (TPSA) is 54.5 Å². The van der Waals surface area contributed by atoms with Crippen LogP contribution in [0.3, 0.4) is 0 Å². The molecule has 4 nitrogen and oxygen atoms in total. The first-order valence-corrected chi connectivity index (χ1v) is 5.92. The molecule has 0 aliphatic heterocycles. The molecule has 0 bridgehead atoms. The molecule has 0 atom stereocenters. The second kappa shape index (κ2) is 4.37. The Balaban J connectivity index is 2.51. The Morgan fingerprint density at radius 1 is 1.38 bits per heavy atom. The molecular weight excluding hydrogens is 220 g/mol. The molecule has 2 aromatic rings. The Morgan fingerprint density at radius 3 is 2.81 bits per heavy atom. The Kier molecular flexibility index (Phi) is 2.93. The molecule has 0 N–H and O–H groups in total. The van der Waals surface area contributed by atoms with Crippen LogP contribution in [0, 0.1) is 11.3 Å². The maximum Gasteiger partial charge on any atom is 0.190 e. The van der Waals surface area contributed by atoms with Gasteiger partial charge < -0.3 is 4.57 Å². The average Bonchev–Trinajstić information content (AvgIpc) is 2.70. The summed E-state index contributed by atoms with van der Waals surface area (Å²) in [7, 11) is 1.92. The molecule has 1 aromatic heterocycles. The lowest BCUT2D eigenvalue weighted by atomic mass is 10.1. The van der Waals surface area contributed by atoms with Crippen molar-refractivity contribution in [3.05, 3.63) is 29.8 Å². The van der Waals surface area contributed by atoms with Gasteiger partial charge in [0.1, 0.15) is 0 Å². The van der Waals surface area contributed by atoms with Crippen LogP contribution >= 0.6 is 11.8 Å². The molecule has 16 heavy (non-hydrogen) atoms. The summed E-state index contributed by atoms with van der Waals surface area (Å²) in [5.74, 6) is 0.779. The fourth-order valence-electron chi connectivity index (χ4n) is 1.47. The van der Waals surface area contributed by atoms with Gasteiger partial charge in [0.2, 0.25) is 0 Å². The zero-order valence-corrected chi connectivity index (χ0v) is 9.82. The lowest BCUT2D eigenvalue weighted by Gasteiger charge is -2.02. The summed E-state index contributed by atoms with van der Waals surface area (Å²) < 4.78 is 1.92. The van der Waals surface area contributed by atoms with E-state index in [9.17, 15) is 0 Å². The van der Waals surface area contributed by atoms with Gasteiger partial charge in [-0.1, -0.05) is 23.9 Å². The highest BCUT2D eigenvalue weighted by Gasteiger charge is 2.09. The zero-order valence-electron chi connectivity index (χ0n) is 9.01. The summed E-state index contributed by atoms with van der Waals surface area (Å²) in [6.07, 6.45) is 1.96. The van der Waals surface area contributed by atoms with Crippen molar-refractivity contribution in [3.8, 4) is 17.5 Å². The summed E-state index contributed by atoms with van der Waals surface area (Å²) in [6.45, 7) is 0. The van der Waals surface area contributed by atoms with Crippen molar-refractivity contribution in [2.24, 2.45) is 7.05 Å². The van der Waals surface area contributed by atoms with E-state index in [1.807, 2.05) is 36.1 Å². The summed E-state index contributed by atoms with van der Waals surface area (Å²) in [4.78, 5) is 0. The van der Waals surface area contributed by atoms with Gasteiger partial charge >= 0.3 is 0 Å². The van der Waals surface area contributed by atoms with Crippen LogP contribution in [0.15, 0.2) is 29.4 Å². The number of rotatable bonds is 2. The third kappa shape index (κ3) is 1.79. The average molecular weight is 230 g/mol. The van der Waals surface area contributed by atoms with Crippen LogP contribution in [-0.2, 0) is 7.05 Å². The van der Waals surface area contributed by atoms with Gasteiger partial charge in [-0.2, -0.15) is 5.26 Å². The lowest BCUT2D eigenvalue weighted by molar-refractivity contribution is 0.795. The second-order valence-corrected chi connectivity index (χ2v) is 4.04. The van der Waals surface area contributed by atoms with E-state index in [4.69, 9.17) is 5.26 Å². The second-order valence-electron chi connectivity index (χ2n) is 3.26. The maximum absolute atomic E-state index is 8.83. The van der Waals surface area contributed by atoms with Crippen molar-refractivity contribution < 1.29 is 0 Å². The smallest absolute Gasteiger partial charge is 0.190 e. The van der Waals surface area contributed by atoms with E-state index in [-0.39, 0.29) is 0 Å². The molecule has 1 heterocycles. The maximum atomic E-state index is 8.83. The predicted octanol–water partition coefficient (Wildman–Crippen LogP) is 2.08. The van der Waals surface area contributed by atoms with Crippen LogP contribution in [0.2, 0.25) is 0 Å². The number of nitrogens with zero attached hydrogens (tertiary/aromatic N) is 4. The number of hydrogen-bond donors (Lipinski definition) is 0. The minimum atomic E-state index is 0.631. The number of hydrogen-bond acceptors (Lipinski definition) is 4. The number of aromatic nitrogens is 3. The SMILES string of the molecule is CSc1nnc(-c2cccc(C#N)c2)n1C. The molecular formula is C11H10N4S. The highest BCUT2D eigenvalue weighted by molar-refractivity contribution is 7.98. The van der Waals surface area contributed by atoms with Crippen molar-refractivity contribution in [1.82, 2.24) is 14.8 Å². The fraction of sp³-hybridized carbons (Fsp3) is 0.182.